The van der Waals surface area contributed by atoms with Crippen LogP contribution in [-0.2, 0) is 0 Å². The van der Waals surface area contributed by atoms with Gasteiger partial charge in [0.25, 0.3) is 0 Å². The molecule has 3 aromatic heterocycles. The minimum Gasteiger partial charge on any atom is -0.354 e. The largest absolute Gasteiger partial charge is 0.354 e. The second kappa shape index (κ2) is 5.46. The monoisotopic (exact) mass is 299 g/mol. The molecule has 0 saturated carbocycles. The van der Waals surface area contributed by atoms with Crippen molar-refractivity contribution in [3.05, 3.63) is 36.0 Å². The van der Waals surface area contributed by atoms with E-state index in [2.05, 4.69) is 43.9 Å². The zero-order chi connectivity index (χ0) is 14.1. The highest BCUT2D eigenvalue weighted by atomic mass is 32.1. The molecule has 4 heterocycles. The molecule has 1 aliphatic rings. The van der Waals surface area contributed by atoms with Crippen LogP contribution < -0.4 is 10.2 Å². The Hall–Kier alpha value is -1.92. The molecular weight excluding hydrogens is 282 g/mol. The maximum Gasteiger partial charge on any atom is 0.154 e. The average molecular weight is 299 g/mol. The van der Waals surface area contributed by atoms with Crippen molar-refractivity contribution in [1.82, 2.24) is 19.9 Å². The number of aromatic nitrogens is 3. The molecule has 5 nitrogen and oxygen atoms in total. The highest BCUT2D eigenvalue weighted by molar-refractivity contribution is 7.13. The average Bonchev–Trinajstić information content (AvgIpc) is 3.10. The number of thiophene rings is 1. The van der Waals surface area contributed by atoms with Gasteiger partial charge >= 0.3 is 0 Å². The van der Waals surface area contributed by atoms with Crippen molar-refractivity contribution in [3.63, 3.8) is 0 Å². The van der Waals surface area contributed by atoms with Crippen LogP contribution in [0.1, 0.15) is 6.42 Å². The van der Waals surface area contributed by atoms with E-state index in [4.69, 9.17) is 0 Å². The second-order valence-corrected chi connectivity index (χ2v) is 6.13. The Labute approximate surface area is 127 Å². The van der Waals surface area contributed by atoms with Crippen LogP contribution in [0.15, 0.2) is 36.0 Å². The number of nitrogens with one attached hydrogen (secondary N) is 1. The molecular formula is C15H17N5S. The fourth-order valence-electron chi connectivity index (χ4n) is 2.75. The fraction of sp³-hybridized carbons (Fsp3) is 0.333. The van der Waals surface area contributed by atoms with Crippen LogP contribution in [0.3, 0.4) is 0 Å². The third kappa shape index (κ3) is 2.41. The molecule has 0 aliphatic carbocycles. The Morgan fingerprint density at radius 2 is 2.24 bits per heavy atom. The topological polar surface area (TPSA) is 45.5 Å². The molecule has 0 spiro atoms. The van der Waals surface area contributed by atoms with E-state index in [1.54, 1.807) is 11.3 Å². The van der Waals surface area contributed by atoms with Crippen LogP contribution in [0.5, 0.6) is 0 Å². The highest BCUT2D eigenvalue weighted by Gasteiger charge is 2.16. The Morgan fingerprint density at radius 1 is 1.24 bits per heavy atom. The van der Waals surface area contributed by atoms with Gasteiger partial charge in [0.1, 0.15) is 11.2 Å². The standard InChI is InChI=1S/C15H17N5S/c1-3-14(21-10-1)12-11-13-15(17-6-9-20(13)18-12)19-7-2-4-16-5-8-19/h1,3,6,9-11,16H,2,4-5,7-8H2. The smallest absolute Gasteiger partial charge is 0.154 e. The third-order valence-electron chi connectivity index (χ3n) is 3.78. The molecule has 0 atom stereocenters. The van der Waals surface area contributed by atoms with Crippen molar-refractivity contribution in [2.75, 3.05) is 31.1 Å². The van der Waals surface area contributed by atoms with Crippen molar-refractivity contribution in [3.8, 4) is 10.6 Å². The van der Waals surface area contributed by atoms with Crippen molar-refractivity contribution in [2.45, 2.75) is 6.42 Å². The summed E-state index contributed by atoms with van der Waals surface area (Å²) in [7, 11) is 0. The predicted molar refractivity (Wildman–Crippen MR) is 86.0 cm³/mol. The summed E-state index contributed by atoms with van der Waals surface area (Å²) < 4.78 is 1.94. The van der Waals surface area contributed by atoms with Crippen molar-refractivity contribution in [2.24, 2.45) is 0 Å². The molecule has 4 rings (SSSR count). The molecule has 21 heavy (non-hydrogen) atoms. The molecule has 0 amide bonds. The molecule has 0 bridgehead atoms. The van der Waals surface area contributed by atoms with Crippen molar-refractivity contribution in [1.29, 1.82) is 0 Å². The Morgan fingerprint density at radius 3 is 3.14 bits per heavy atom. The first-order valence-corrected chi connectivity index (χ1v) is 8.14. The van der Waals surface area contributed by atoms with Crippen LogP contribution in [-0.4, -0.2) is 40.8 Å². The lowest BCUT2D eigenvalue weighted by Gasteiger charge is -2.21. The van der Waals surface area contributed by atoms with Crippen LogP contribution in [0.2, 0.25) is 0 Å². The first kappa shape index (κ1) is 12.8. The number of hydrogen-bond acceptors (Lipinski definition) is 5. The molecule has 108 valence electrons. The third-order valence-corrected chi connectivity index (χ3v) is 4.68. The highest BCUT2D eigenvalue weighted by Crippen LogP contribution is 2.27. The number of fused-ring (bicyclic) bond motifs is 1. The summed E-state index contributed by atoms with van der Waals surface area (Å²) >= 11 is 1.72. The maximum atomic E-state index is 4.68. The van der Waals surface area contributed by atoms with E-state index in [-0.39, 0.29) is 0 Å². The first-order chi connectivity index (χ1) is 10.4. The number of nitrogens with zero attached hydrogens (tertiary/aromatic N) is 4. The van der Waals surface area contributed by atoms with E-state index >= 15 is 0 Å². The summed E-state index contributed by atoms with van der Waals surface area (Å²) in [6.45, 7) is 4.12. The summed E-state index contributed by atoms with van der Waals surface area (Å²) in [6.07, 6.45) is 4.91. The molecule has 1 fully saturated rings. The van der Waals surface area contributed by atoms with E-state index in [1.807, 2.05) is 16.9 Å². The van der Waals surface area contributed by atoms with Gasteiger partial charge in [0.15, 0.2) is 5.82 Å². The van der Waals surface area contributed by atoms with E-state index in [9.17, 15) is 0 Å². The van der Waals surface area contributed by atoms with E-state index in [0.29, 0.717) is 0 Å². The zero-order valence-corrected chi connectivity index (χ0v) is 12.5. The molecule has 6 heteroatoms. The molecule has 0 unspecified atom stereocenters. The summed E-state index contributed by atoms with van der Waals surface area (Å²) in [5.41, 5.74) is 2.11. The molecule has 3 aromatic rings. The fourth-order valence-corrected chi connectivity index (χ4v) is 3.44. The van der Waals surface area contributed by atoms with Gasteiger partial charge in [-0.15, -0.1) is 11.3 Å². The summed E-state index contributed by atoms with van der Waals surface area (Å²) in [5, 5.41) is 10.2. The summed E-state index contributed by atoms with van der Waals surface area (Å²) in [4.78, 5) is 8.16. The Balaban J connectivity index is 1.78. The summed E-state index contributed by atoms with van der Waals surface area (Å²) in [6, 6.07) is 6.31. The predicted octanol–water partition coefficient (Wildman–Crippen LogP) is 2.26. The molecule has 1 N–H and O–H groups in total. The van der Waals surface area contributed by atoms with E-state index in [0.717, 1.165) is 49.6 Å². The maximum absolute atomic E-state index is 4.68. The number of hydrogen-bond donors (Lipinski definition) is 1. The van der Waals surface area contributed by atoms with Gasteiger partial charge in [0.2, 0.25) is 0 Å². The molecule has 1 aliphatic heterocycles. The summed E-state index contributed by atoms with van der Waals surface area (Å²) in [5.74, 6) is 1.04. The number of anilines is 1. The zero-order valence-electron chi connectivity index (χ0n) is 11.7. The van der Waals surface area contributed by atoms with Crippen molar-refractivity contribution >= 4 is 22.7 Å². The van der Waals surface area contributed by atoms with Gasteiger partial charge in [0.05, 0.1) is 4.88 Å². The van der Waals surface area contributed by atoms with Gasteiger partial charge in [-0.25, -0.2) is 9.50 Å². The van der Waals surface area contributed by atoms with Crippen molar-refractivity contribution < 1.29 is 0 Å². The van der Waals surface area contributed by atoms with Crippen LogP contribution in [0.4, 0.5) is 5.82 Å². The molecule has 1 saturated heterocycles. The Kier molecular flexibility index (Phi) is 3.33. The second-order valence-electron chi connectivity index (χ2n) is 5.18. The Bertz CT molecular complexity index is 726. The minimum atomic E-state index is 0.992. The lowest BCUT2D eigenvalue weighted by Crippen LogP contribution is -2.29. The van der Waals surface area contributed by atoms with Crippen LogP contribution in [0, 0.1) is 0 Å². The van der Waals surface area contributed by atoms with Crippen LogP contribution >= 0.6 is 11.3 Å². The van der Waals surface area contributed by atoms with Crippen LogP contribution in [0.25, 0.3) is 16.1 Å². The lowest BCUT2D eigenvalue weighted by molar-refractivity contribution is 0.724. The molecule has 0 aromatic carbocycles. The van der Waals surface area contributed by atoms with E-state index in [1.165, 1.54) is 4.88 Å². The number of rotatable bonds is 2. The first-order valence-electron chi connectivity index (χ1n) is 7.26. The van der Waals surface area contributed by atoms with Gasteiger partial charge in [0, 0.05) is 32.0 Å². The molecule has 0 radical (unpaired) electrons. The van der Waals surface area contributed by atoms with Gasteiger partial charge in [-0.3, -0.25) is 0 Å². The van der Waals surface area contributed by atoms with Gasteiger partial charge < -0.3 is 10.2 Å². The van der Waals surface area contributed by atoms with Gasteiger partial charge in [-0.1, -0.05) is 6.07 Å². The van der Waals surface area contributed by atoms with E-state index < -0.39 is 0 Å². The minimum absolute atomic E-state index is 0.992. The van der Waals surface area contributed by atoms with Gasteiger partial charge in [-0.05, 0) is 30.5 Å². The van der Waals surface area contributed by atoms with Gasteiger partial charge in [-0.2, -0.15) is 5.10 Å². The quantitative estimate of drug-likeness (QED) is 0.788. The SMILES string of the molecule is c1csc(-c2cc3c(N4CCCNCC4)nccn3n2)c1. The normalized spacial score (nSPS) is 16.3. The lowest BCUT2D eigenvalue weighted by atomic mass is 10.3.